The van der Waals surface area contributed by atoms with Gasteiger partial charge in [-0.25, -0.2) is 0 Å². The maximum absolute atomic E-state index is 12.6. The van der Waals surface area contributed by atoms with Gasteiger partial charge >= 0.3 is 0 Å². The number of benzene rings is 3. The summed E-state index contributed by atoms with van der Waals surface area (Å²) >= 11 is 0. The summed E-state index contributed by atoms with van der Waals surface area (Å²) in [5, 5.41) is 12.2. The van der Waals surface area contributed by atoms with Crippen LogP contribution >= 0.6 is 0 Å². The van der Waals surface area contributed by atoms with Crippen LogP contribution < -0.4 is 10.1 Å². The highest BCUT2D eigenvalue weighted by molar-refractivity contribution is 5.95. The number of nitrogens with zero attached hydrogens (tertiary/aromatic N) is 3. The minimum atomic E-state index is -0.214. The number of anilines is 1. The average molecular weight is 471 g/mol. The number of aromatic nitrogens is 3. The zero-order valence-corrected chi connectivity index (χ0v) is 21.0. The first-order chi connectivity index (χ1) is 17.0. The molecule has 6 heteroatoms. The number of hydrogen-bond donors (Lipinski definition) is 1. The average Bonchev–Trinajstić information content (AvgIpc) is 3.29. The first-order valence-electron chi connectivity index (χ1n) is 12.5. The zero-order valence-electron chi connectivity index (χ0n) is 21.0. The van der Waals surface area contributed by atoms with E-state index in [4.69, 9.17) is 4.74 Å². The molecule has 0 saturated heterocycles. The maximum Gasteiger partial charge on any atom is 0.262 e. The standard InChI is InChI=1S/C29H34N4O2/c1-5-7-8-22-9-13-24(14-10-22)33-31-27-17-21(4)26(18-28(27)32-33)30-29(34)19-35-25-15-11-23(12-16-25)20(3)6-2/h9-18,20H,5-8,19H2,1-4H3,(H,30,34)/t20-/m1/s1. The Morgan fingerprint density at radius 1 is 1.00 bits per heavy atom. The van der Waals surface area contributed by atoms with Crippen LogP contribution in [0.2, 0.25) is 0 Å². The third kappa shape index (κ3) is 6.07. The van der Waals surface area contributed by atoms with E-state index in [1.807, 2.05) is 43.3 Å². The van der Waals surface area contributed by atoms with E-state index in [1.54, 1.807) is 4.80 Å². The van der Waals surface area contributed by atoms with Crippen LogP contribution in [0.5, 0.6) is 5.75 Å². The van der Waals surface area contributed by atoms with Crippen molar-refractivity contribution in [3.8, 4) is 11.4 Å². The number of rotatable bonds is 10. The third-order valence-electron chi connectivity index (χ3n) is 6.42. The summed E-state index contributed by atoms with van der Waals surface area (Å²) in [7, 11) is 0. The molecule has 1 atom stereocenters. The van der Waals surface area contributed by atoms with Crippen molar-refractivity contribution in [3.63, 3.8) is 0 Å². The Hall–Kier alpha value is -3.67. The van der Waals surface area contributed by atoms with E-state index >= 15 is 0 Å². The van der Waals surface area contributed by atoms with Gasteiger partial charge in [0.05, 0.1) is 5.69 Å². The molecule has 182 valence electrons. The molecule has 6 nitrogen and oxygen atoms in total. The van der Waals surface area contributed by atoms with Gasteiger partial charge in [0.15, 0.2) is 6.61 Å². The quantitative estimate of drug-likeness (QED) is 0.283. The smallest absolute Gasteiger partial charge is 0.262 e. The van der Waals surface area contributed by atoms with Gasteiger partial charge in [-0.15, -0.1) is 10.2 Å². The predicted octanol–water partition coefficient (Wildman–Crippen LogP) is 6.60. The van der Waals surface area contributed by atoms with Crippen LogP contribution in [0.1, 0.15) is 62.6 Å². The van der Waals surface area contributed by atoms with Crippen LogP contribution in [0.4, 0.5) is 5.69 Å². The number of nitrogens with one attached hydrogen (secondary N) is 1. The molecule has 4 aromatic rings. The number of amides is 1. The largest absolute Gasteiger partial charge is 0.484 e. The predicted molar refractivity (Wildman–Crippen MR) is 141 cm³/mol. The molecule has 4 rings (SSSR count). The second-order valence-electron chi connectivity index (χ2n) is 9.13. The van der Waals surface area contributed by atoms with Crippen molar-refractivity contribution in [2.24, 2.45) is 0 Å². The first-order valence-corrected chi connectivity index (χ1v) is 12.5. The van der Waals surface area contributed by atoms with E-state index in [0.29, 0.717) is 17.4 Å². The van der Waals surface area contributed by atoms with Gasteiger partial charge in [0.25, 0.3) is 5.91 Å². The van der Waals surface area contributed by atoms with Crippen molar-refractivity contribution in [1.29, 1.82) is 0 Å². The number of fused-ring (bicyclic) bond motifs is 1. The molecule has 0 radical (unpaired) electrons. The van der Waals surface area contributed by atoms with Crippen LogP contribution in [-0.2, 0) is 11.2 Å². The van der Waals surface area contributed by atoms with Crippen LogP contribution in [0, 0.1) is 6.92 Å². The van der Waals surface area contributed by atoms with E-state index in [9.17, 15) is 4.79 Å². The SMILES string of the molecule is CCCCc1ccc(-n2nc3cc(C)c(NC(=O)COc4ccc([C@H](C)CC)cc4)cc3n2)cc1. The number of carbonyl (C=O) groups excluding carboxylic acids is 1. The monoisotopic (exact) mass is 470 g/mol. The molecule has 0 spiro atoms. The number of carbonyl (C=O) groups is 1. The van der Waals surface area contributed by atoms with Gasteiger partial charge in [0.2, 0.25) is 0 Å². The van der Waals surface area contributed by atoms with Crippen LogP contribution in [-0.4, -0.2) is 27.5 Å². The Balaban J connectivity index is 1.41. The molecule has 1 heterocycles. The number of ether oxygens (including phenoxy) is 1. The summed E-state index contributed by atoms with van der Waals surface area (Å²) in [6.07, 6.45) is 4.54. The highest BCUT2D eigenvalue weighted by Crippen LogP contribution is 2.24. The van der Waals surface area contributed by atoms with E-state index < -0.39 is 0 Å². The summed E-state index contributed by atoms with van der Waals surface area (Å²) in [5.74, 6) is 0.977. The van der Waals surface area contributed by atoms with Gasteiger partial charge in [-0.1, -0.05) is 51.5 Å². The minimum absolute atomic E-state index is 0.0583. The van der Waals surface area contributed by atoms with E-state index in [0.717, 1.165) is 35.1 Å². The summed E-state index contributed by atoms with van der Waals surface area (Å²) in [5.41, 5.74) is 6.65. The number of unbranched alkanes of at least 4 members (excludes halogenated alkanes) is 1. The molecule has 35 heavy (non-hydrogen) atoms. The second kappa shape index (κ2) is 11.2. The Labute approximate surface area is 207 Å². The van der Waals surface area contributed by atoms with Crippen LogP contribution in [0.25, 0.3) is 16.7 Å². The fourth-order valence-corrected chi connectivity index (χ4v) is 3.96. The molecule has 0 aliphatic carbocycles. The zero-order chi connectivity index (χ0) is 24.8. The summed E-state index contributed by atoms with van der Waals surface area (Å²) in [6, 6.07) is 20.1. The molecular formula is C29H34N4O2. The van der Waals surface area contributed by atoms with Gasteiger partial charge in [-0.05, 0) is 85.2 Å². The number of aryl methyl sites for hydroxylation is 2. The highest BCUT2D eigenvalue weighted by atomic mass is 16.5. The van der Waals surface area contributed by atoms with Crippen LogP contribution in [0.15, 0.2) is 60.7 Å². The molecule has 0 unspecified atom stereocenters. The van der Waals surface area contributed by atoms with Crippen molar-refractivity contribution in [2.75, 3.05) is 11.9 Å². The van der Waals surface area contributed by atoms with Crippen molar-refractivity contribution in [2.45, 2.75) is 59.3 Å². The van der Waals surface area contributed by atoms with E-state index in [2.05, 4.69) is 60.6 Å². The van der Waals surface area contributed by atoms with Crippen molar-refractivity contribution < 1.29 is 9.53 Å². The summed E-state index contributed by atoms with van der Waals surface area (Å²) in [4.78, 5) is 14.2. The maximum atomic E-state index is 12.6. The topological polar surface area (TPSA) is 69.0 Å². The van der Waals surface area contributed by atoms with E-state index in [-0.39, 0.29) is 12.5 Å². The van der Waals surface area contributed by atoms with E-state index in [1.165, 1.54) is 24.0 Å². The Bertz CT molecular complexity index is 1280. The summed E-state index contributed by atoms with van der Waals surface area (Å²) in [6.45, 7) is 8.46. The Morgan fingerprint density at radius 2 is 1.69 bits per heavy atom. The minimum Gasteiger partial charge on any atom is -0.484 e. The second-order valence-corrected chi connectivity index (χ2v) is 9.13. The van der Waals surface area contributed by atoms with Gasteiger partial charge in [-0.3, -0.25) is 4.79 Å². The molecule has 0 saturated carbocycles. The molecule has 1 amide bonds. The lowest BCUT2D eigenvalue weighted by atomic mass is 9.99. The molecule has 1 aromatic heterocycles. The van der Waals surface area contributed by atoms with Gasteiger partial charge < -0.3 is 10.1 Å². The fraction of sp³-hybridized carbons (Fsp3) is 0.345. The molecule has 1 N–H and O–H groups in total. The van der Waals surface area contributed by atoms with Gasteiger partial charge in [0, 0.05) is 5.69 Å². The van der Waals surface area contributed by atoms with Crippen LogP contribution in [0.3, 0.4) is 0 Å². The molecule has 0 fully saturated rings. The van der Waals surface area contributed by atoms with Crippen molar-refractivity contribution >= 4 is 22.6 Å². The lowest BCUT2D eigenvalue weighted by Gasteiger charge is -2.11. The Morgan fingerprint density at radius 3 is 2.34 bits per heavy atom. The molecule has 3 aromatic carbocycles. The third-order valence-corrected chi connectivity index (χ3v) is 6.42. The van der Waals surface area contributed by atoms with Gasteiger partial charge in [0.1, 0.15) is 16.8 Å². The lowest BCUT2D eigenvalue weighted by Crippen LogP contribution is -2.20. The fourth-order valence-electron chi connectivity index (χ4n) is 3.96. The van der Waals surface area contributed by atoms with Gasteiger partial charge in [-0.2, -0.15) is 4.80 Å². The Kier molecular flexibility index (Phi) is 7.80. The molecule has 0 aliphatic rings. The first kappa shape index (κ1) is 24.5. The number of hydrogen-bond acceptors (Lipinski definition) is 4. The van der Waals surface area contributed by atoms with Crippen molar-refractivity contribution in [3.05, 3.63) is 77.4 Å². The highest BCUT2D eigenvalue weighted by Gasteiger charge is 2.12. The lowest BCUT2D eigenvalue weighted by molar-refractivity contribution is -0.118. The molecular weight excluding hydrogens is 436 g/mol. The van der Waals surface area contributed by atoms with Crippen molar-refractivity contribution in [1.82, 2.24) is 15.0 Å². The normalized spacial score (nSPS) is 12.0. The molecule has 0 aliphatic heterocycles. The molecule has 0 bridgehead atoms. The summed E-state index contributed by atoms with van der Waals surface area (Å²) < 4.78 is 5.69.